The average Bonchev–Trinajstić information content (AvgIpc) is 3.20. The van der Waals surface area contributed by atoms with Crippen LogP contribution in [-0.4, -0.2) is 23.1 Å². The molecule has 3 heterocycles. The SMILES string of the molecule is Cc1ccc(-c2csc3c(=O)[nH]c(N4CCC(Cc5ccccc5)CC4)nc23)cc1. The number of benzene rings is 2. The van der Waals surface area contributed by atoms with Gasteiger partial charge in [-0.3, -0.25) is 9.78 Å². The number of rotatable bonds is 4. The molecule has 1 N–H and O–H groups in total. The van der Waals surface area contributed by atoms with Crippen LogP contribution in [0.3, 0.4) is 0 Å². The van der Waals surface area contributed by atoms with Gasteiger partial charge >= 0.3 is 0 Å². The number of piperidine rings is 1. The largest absolute Gasteiger partial charge is 0.342 e. The minimum Gasteiger partial charge on any atom is -0.342 e. The van der Waals surface area contributed by atoms with E-state index in [1.54, 1.807) is 0 Å². The summed E-state index contributed by atoms with van der Waals surface area (Å²) < 4.78 is 0.702. The predicted molar refractivity (Wildman–Crippen MR) is 125 cm³/mol. The van der Waals surface area contributed by atoms with E-state index in [4.69, 9.17) is 4.98 Å². The molecule has 0 unspecified atom stereocenters. The Morgan fingerprint density at radius 1 is 1.07 bits per heavy atom. The first-order valence-electron chi connectivity index (χ1n) is 10.5. The van der Waals surface area contributed by atoms with Gasteiger partial charge in [-0.15, -0.1) is 11.3 Å². The zero-order chi connectivity index (χ0) is 20.5. The zero-order valence-electron chi connectivity index (χ0n) is 17.1. The number of hydrogen-bond donors (Lipinski definition) is 1. The van der Waals surface area contributed by atoms with E-state index in [1.807, 2.05) is 5.38 Å². The van der Waals surface area contributed by atoms with E-state index >= 15 is 0 Å². The van der Waals surface area contributed by atoms with E-state index in [-0.39, 0.29) is 5.56 Å². The summed E-state index contributed by atoms with van der Waals surface area (Å²) >= 11 is 1.47. The van der Waals surface area contributed by atoms with Gasteiger partial charge in [-0.1, -0.05) is 60.2 Å². The van der Waals surface area contributed by atoms with Crippen molar-refractivity contribution in [2.45, 2.75) is 26.2 Å². The molecule has 5 heteroatoms. The molecule has 5 rings (SSSR count). The van der Waals surface area contributed by atoms with Crippen molar-refractivity contribution >= 4 is 27.5 Å². The highest BCUT2D eigenvalue weighted by Crippen LogP contribution is 2.32. The lowest BCUT2D eigenvalue weighted by Crippen LogP contribution is -2.36. The summed E-state index contributed by atoms with van der Waals surface area (Å²) in [7, 11) is 0. The Kier molecular flexibility index (Phi) is 5.13. The van der Waals surface area contributed by atoms with E-state index in [9.17, 15) is 4.79 Å². The Labute approximate surface area is 180 Å². The molecule has 0 spiro atoms. The summed E-state index contributed by atoms with van der Waals surface area (Å²) in [6.07, 6.45) is 3.36. The fourth-order valence-corrected chi connectivity index (χ4v) is 5.21. The van der Waals surface area contributed by atoms with Crippen LogP contribution in [0, 0.1) is 12.8 Å². The third-order valence-electron chi connectivity index (χ3n) is 6.06. The predicted octanol–water partition coefficient (Wildman–Crippen LogP) is 5.42. The molecule has 1 aliphatic rings. The average molecular weight is 416 g/mol. The van der Waals surface area contributed by atoms with Gasteiger partial charge in [0, 0.05) is 24.0 Å². The fourth-order valence-electron chi connectivity index (χ4n) is 4.30. The van der Waals surface area contributed by atoms with Crippen LogP contribution < -0.4 is 10.5 Å². The van der Waals surface area contributed by atoms with Crippen molar-refractivity contribution in [2.24, 2.45) is 5.92 Å². The van der Waals surface area contributed by atoms with E-state index in [2.05, 4.69) is 71.4 Å². The minimum atomic E-state index is -0.0372. The molecule has 0 amide bonds. The molecule has 0 atom stereocenters. The molecule has 0 radical (unpaired) electrons. The molecule has 1 aliphatic heterocycles. The Hall–Kier alpha value is -2.92. The normalized spacial score (nSPS) is 15.0. The van der Waals surface area contributed by atoms with Gasteiger partial charge in [-0.05, 0) is 43.2 Å². The first-order chi connectivity index (χ1) is 14.7. The van der Waals surface area contributed by atoms with E-state index in [0.29, 0.717) is 16.6 Å². The smallest absolute Gasteiger partial charge is 0.270 e. The number of nitrogens with one attached hydrogen (secondary N) is 1. The van der Waals surface area contributed by atoms with Gasteiger partial charge in [0.25, 0.3) is 5.56 Å². The lowest BCUT2D eigenvalue weighted by molar-refractivity contribution is 0.400. The zero-order valence-corrected chi connectivity index (χ0v) is 17.9. The molecule has 2 aromatic heterocycles. The van der Waals surface area contributed by atoms with Crippen LogP contribution >= 0.6 is 11.3 Å². The number of H-pyrrole nitrogens is 1. The summed E-state index contributed by atoms with van der Waals surface area (Å²) in [4.78, 5) is 22.9. The van der Waals surface area contributed by atoms with E-state index < -0.39 is 0 Å². The number of fused-ring (bicyclic) bond motifs is 1. The number of anilines is 1. The van der Waals surface area contributed by atoms with Gasteiger partial charge in [0.1, 0.15) is 4.70 Å². The maximum absolute atomic E-state index is 12.7. The summed E-state index contributed by atoms with van der Waals surface area (Å²) in [5, 5.41) is 2.05. The van der Waals surface area contributed by atoms with Crippen LogP contribution in [0.25, 0.3) is 21.3 Å². The molecule has 0 aliphatic carbocycles. The van der Waals surface area contributed by atoms with Gasteiger partial charge in [-0.2, -0.15) is 0 Å². The number of aryl methyl sites for hydroxylation is 1. The van der Waals surface area contributed by atoms with Crippen LogP contribution in [0.15, 0.2) is 64.8 Å². The molecule has 4 nitrogen and oxygen atoms in total. The van der Waals surface area contributed by atoms with Gasteiger partial charge in [0.05, 0.1) is 5.52 Å². The van der Waals surface area contributed by atoms with Crippen LogP contribution in [0.5, 0.6) is 0 Å². The van der Waals surface area contributed by atoms with Crippen molar-refractivity contribution in [1.29, 1.82) is 0 Å². The molecule has 1 fully saturated rings. The topological polar surface area (TPSA) is 49.0 Å². The molecule has 30 heavy (non-hydrogen) atoms. The highest BCUT2D eigenvalue weighted by atomic mass is 32.1. The van der Waals surface area contributed by atoms with Crippen molar-refractivity contribution in [1.82, 2.24) is 9.97 Å². The van der Waals surface area contributed by atoms with Crippen LogP contribution in [-0.2, 0) is 6.42 Å². The third-order valence-corrected chi connectivity index (χ3v) is 7.03. The van der Waals surface area contributed by atoms with Crippen molar-refractivity contribution in [3.63, 3.8) is 0 Å². The first kappa shape index (κ1) is 19.1. The number of nitrogens with zero attached hydrogens (tertiary/aromatic N) is 2. The molecule has 4 aromatic rings. The van der Waals surface area contributed by atoms with Crippen molar-refractivity contribution in [3.8, 4) is 11.1 Å². The second-order valence-corrected chi connectivity index (χ2v) is 9.08. The molecule has 1 saturated heterocycles. The van der Waals surface area contributed by atoms with Crippen molar-refractivity contribution < 1.29 is 0 Å². The van der Waals surface area contributed by atoms with E-state index in [0.717, 1.165) is 49.0 Å². The third kappa shape index (κ3) is 3.77. The summed E-state index contributed by atoms with van der Waals surface area (Å²) in [5.74, 6) is 1.39. The molecule has 152 valence electrons. The lowest BCUT2D eigenvalue weighted by atomic mass is 9.90. The van der Waals surface area contributed by atoms with Gasteiger partial charge in [0.15, 0.2) is 0 Å². The number of thiophene rings is 1. The number of aromatic amines is 1. The maximum Gasteiger partial charge on any atom is 0.270 e. The van der Waals surface area contributed by atoms with Gasteiger partial charge in [0.2, 0.25) is 5.95 Å². The van der Waals surface area contributed by atoms with Crippen LogP contribution in [0.2, 0.25) is 0 Å². The number of aromatic nitrogens is 2. The molecule has 2 aromatic carbocycles. The monoisotopic (exact) mass is 415 g/mol. The Bertz CT molecular complexity index is 1200. The number of hydrogen-bond acceptors (Lipinski definition) is 4. The molecule has 0 bridgehead atoms. The maximum atomic E-state index is 12.7. The lowest BCUT2D eigenvalue weighted by Gasteiger charge is -2.32. The van der Waals surface area contributed by atoms with Gasteiger partial charge in [-0.25, -0.2) is 4.98 Å². The summed E-state index contributed by atoms with van der Waals surface area (Å²) in [6, 6.07) is 19.1. The fraction of sp³-hybridized carbons (Fsp3) is 0.280. The standard InChI is InChI=1S/C25H25N3OS/c1-17-7-9-20(10-8-17)21-16-30-23-22(21)26-25(27-24(23)29)28-13-11-19(12-14-28)15-18-5-3-2-4-6-18/h2-10,16,19H,11-15H2,1H3,(H,26,27,29). The van der Waals surface area contributed by atoms with Crippen molar-refractivity contribution in [2.75, 3.05) is 18.0 Å². The molecular formula is C25H25N3OS. The van der Waals surface area contributed by atoms with Crippen LogP contribution in [0.4, 0.5) is 5.95 Å². The Balaban J connectivity index is 1.38. The highest BCUT2D eigenvalue weighted by molar-refractivity contribution is 7.17. The van der Waals surface area contributed by atoms with Gasteiger partial charge < -0.3 is 4.90 Å². The quantitative estimate of drug-likeness (QED) is 0.484. The van der Waals surface area contributed by atoms with Crippen molar-refractivity contribution in [3.05, 3.63) is 81.5 Å². The molecular weight excluding hydrogens is 390 g/mol. The highest BCUT2D eigenvalue weighted by Gasteiger charge is 2.22. The second-order valence-electron chi connectivity index (χ2n) is 8.20. The second kappa shape index (κ2) is 8.07. The Morgan fingerprint density at radius 2 is 1.80 bits per heavy atom. The van der Waals surface area contributed by atoms with E-state index in [1.165, 1.54) is 22.5 Å². The summed E-state index contributed by atoms with van der Waals surface area (Å²) in [6.45, 7) is 3.93. The van der Waals surface area contributed by atoms with Crippen LogP contribution in [0.1, 0.15) is 24.0 Å². The molecule has 0 saturated carbocycles. The summed E-state index contributed by atoms with van der Waals surface area (Å²) in [5.41, 5.74) is 5.56. The first-order valence-corrected chi connectivity index (χ1v) is 11.4. The Morgan fingerprint density at radius 3 is 2.53 bits per heavy atom. The minimum absolute atomic E-state index is 0.0372.